The van der Waals surface area contributed by atoms with Gasteiger partial charge in [-0.1, -0.05) is 13.0 Å². The molecule has 1 saturated carbocycles. The van der Waals surface area contributed by atoms with Crippen molar-refractivity contribution in [2.75, 3.05) is 18.9 Å². The molecule has 1 aromatic rings. The molecule has 0 heterocycles. The summed E-state index contributed by atoms with van der Waals surface area (Å²) >= 11 is 0. The van der Waals surface area contributed by atoms with Crippen molar-refractivity contribution in [1.29, 1.82) is 5.26 Å². The van der Waals surface area contributed by atoms with Crippen molar-refractivity contribution in [2.24, 2.45) is 0 Å². The van der Waals surface area contributed by atoms with Crippen LogP contribution in [0.4, 0.5) is 5.69 Å². The first-order chi connectivity index (χ1) is 9.66. The topological polar surface area (TPSA) is 79.3 Å². The van der Waals surface area contributed by atoms with Crippen molar-refractivity contribution in [3.8, 4) is 11.8 Å². The number of nitriles is 1. The van der Waals surface area contributed by atoms with Gasteiger partial charge in [0.15, 0.2) is 0 Å². The minimum absolute atomic E-state index is 0.199. The molecule has 0 saturated heterocycles. The summed E-state index contributed by atoms with van der Waals surface area (Å²) in [7, 11) is 0. The largest absolute Gasteiger partial charge is 0.490 e. The van der Waals surface area contributed by atoms with E-state index < -0.39 is 0 Å². The Morgan fingerprint density at radius 3 is 2.85 bits per heavy atom. The molecule has 2 rings (SSSR count). The summed E-state index contributed by atoms with van der Waals surface area (Å²) in [5.74, 6) is 0.487. The van der Waals surface area contributed by atoms with Crippen LogP contribution in [-0.4, -0.2) is 30.0 Å². The number of anilines is 1. The molecule has 5 heteroatoms. The Morgan fingerprint density at radius 1 is 1.55 bits per heavy atom. The first-order valence-corrected chi connectivity index (χ1v) is 6.80. The molecule has 5 nitrogen and oxygen atoms in total. The molecule has 0 aromatic heterocycles. The lowest BCUT2D eigenvalue weighted by molar-refractivity contribution is -0.121. The van der Waals surface area contributed by atoms with Crippen LogP contribution in [0.5, 0.6) is 5.75 Å². The number of amides is 1. The van der Waals surface area contributed by atoms with Crippen LogP contribution in [0.1, 0.15) is 31.7 Å². The molecule has 1 fully saturated rings. The van der Waals surface area contributed by atoms with Gasteiger partial charge in [-0.15, -0.1) is 0 Å². The first-order valence-electron chi connectivity index (χ1n) is 6.80. The molecular formula is C15H19N3O2. The van der Waals surface area contributed by atoms with E-state index >= 15 is 0 Å². The second-order valence-electron chi connectivity index (χ2n) is 5.14. The molecule has 1 aliphatic carbocycles. The van der Waals surface area contributed by atoms with Crippen LogP contribution < -0.4 is 10.5 Å². The molecule has 1 amide bonds. The van der Waals surface area contributed by atoms with Gasteiger partial charge in [0, 0.05) is 6.54 Å². The van der Waals surface area contributed by atoms with E-state index in [0.717, 1.165) is 32.2 Å². The van der Waals surface area contributed by atoms with Gasteiger partial charge < -0.3 is 15.4 Å². The van der Waals surface area contributed by atoms with Crippen LogP contribution in [0.2, 0.25) is 0 Å². The van der Waals surface area contributed by atoms with Gasteiger partial charge in [0.25, 0.3) is 0 Å². The van der Waals surface area contributed by atoms with Crippen LogP contribution in [-0.2, 0) is 4.79 Å². The van der Waals surface area contributed by atoms with Gasteiger partial charge in [-0.2, -0.15) is 5.26 Å². The number of nitrogen functional groups attached to an aromatic ring is 1. The third kappa shape index (κ3) is 2.69. The Balaban J connectivity index is 2.08. The van der Waals surface area contributed by atoms with E-state index in [1.807, 2.05) is 11.8 Å². The number of ether oxygens (including phenoxy) is 1. The zero-order valence-electron chi connectivity index (χ0n) is 11.6. The number of rotatable bonds is 7. The van der Waals surface area contributed by atoms with Crippen LogP contribution in [0.15, 0.2) is 18.2 Å². The summed E-state index contributed by atoms with van der Waals surface area (Å²) in [5, 5.41) is 9.11. The fraction of sp³-hybridized carbons (Fsp3) is 0.467. The number of hydrogen-bond acceptors (Lipinski definition) is 4. The minimum Gasteiger partial charge on any atom is -0.490 e. The van der Waals surface area contributed by atoms with E-state index in [1.165, 1.54) is 0 Å². The SMILES string of the molecule is CCCN(C=O)C1(COc2cccc(N)c2C#N)CC1. The number of benzene rings is 1. The highest BCUT2D eigenvalue weighted by Crippen LogP contribution is 2.41. The summed E-state index contributed by atoms with van der Waals surface area (Å²) in [4.78, 5) is 13.0. The van der Waals surface area contributed by atoms with E-state index in [-0.39, 0.29) is 5.54 Å². The normalized spacial score (nSPS) is 15.2. The smallest absolute Gasteiger partial charge is 0.210 e. The minimum atomic E-state index is -0.199. The van der Waals surface area contributed by atoms with Crippen molar-refractivity contribution in [2.45, 2.75) is 31.7 Å². The second kappa shape index (κ2) is 5.83. The molecule has 0 spiro atoms. The standard InChI is InChI=1S/C15H19N3O2/c1-2-8-18(11-19)15(6-7-15)10-20-14-5-3-4-13(17)12(14)9-16/h3-5,11H,2,6-8,10,17H2,1H3. The third-order valence-electron chi connectivity index (χ3n) is 3.69. The number of carbonyl (C=O) groups is 1. The third-order valence-corrected chi connectivity index (χ3v) is 3.69. The number of nitrogens with two attached hydrogens (primary N) is 1. The lowest BCUT2D eigenvalue weighted by Crippen LogP contribution is -2.41. The fourth-order valence-electron chi connectivity index (χ4n) is 2.30. The molecular weight excluding hydrogens is 254 g/mol. The van der Waals surface area contributed by atoms with E-state index in [1.54, 1.807) is 18.2 Å². The predicted octanol–water partition coefficient (Wildman–Crippen LogP) is 1.92. The van der Waals surface area contributed by atoms with Crippen molar-refractivity contribution in [1.82, 2.24) is 4.90 Å². The Bertz CT molecular complexity index is 532. The van der Waals surface area contributed by atoms with Crippen LogP contribution in [0.3, 0.4) is 0 Å². The van der Waals surface area contributed by atoms with E-state index in [0.29, 0.717) is 23.6 Å². The quantitative estimate of drug-likeness (QED) is 0.608. The van der Waals surface area contributed by atoms with Crippen molar-refractivity contribution in [3.05, 3.63) is 23.8 Å². The van der Waals surface area contributed by atoms with E-state index in [4.69, 9.17) is 15.7 Å². The highest BCUT2D eigenvalue weighted by molar-refractivity contribution is 5.61. The highest BCUT2D eigenvalue weighted by Gasteiger charge is 2.48. The number of nitrogens with zero attached hydrogens (tertiary/aromatic N) is 2. The molecule has 2 N–H and O–H groups in total. The summed E-state index contributed by atoms with van der Waals surface area (Å²) < 4.78 is 5.76. The average molecular weight is 273 g/mol. The monoisotopic (exact) mass is 273 g/mol. The Labute approximate surface area is 118 Å². The molecule has 0 bridgehead atoms. The summed E-state index contributed by atoms with van der Waals surface area (Å²) in [6, 6.07) is 7.22. The molecule has 1 aromatic carbocycles. The molecule has 0 unspecified atom stereocenters. The predicted molar refractivity (Wildman–Crippen MR) is 76.1 cm³/mol. The molecule has 1 aliphatic rings. The molecule has 20 heavy (non-hydrogen) atoms. The molecule has 0 aliphatic heterocycles. The average Bonchev–Trinajstić information content (AvgIpc) is 3.23. The molecule has 0 atom stereocenters. The van der Waals surface area contributed by atoms with Crippen LogP contribution in [0.25, 0.3) is 0 Å². The maximum absolute atomic E-state index is 11.2. The first kappa shape index (κ1) is 14.2. The van der Waals surface area contributed by atoms with Gasteiger partial charge >= 0.3 is 0 Å². The van der Waals surface area contributed by atoms with E-state index in [2.05, 4.69) is 6.07 Å². The lowest BCUT2D eigenvalue weighted by Gasteiger charge is -2.28. The zero-order valence-corrected chi connectivity index (χ0v) is 11.6. The fourth-order valence-corrected chi connectivity index (χ4v) is 2.30. The lowest BCUT2D eigenvalue weighted by atomic mass is 10.1. The van der Waals surface area contributed by atoms with Gasteiger partial charge in [0.1, 0.15) is 24.0 Å². The highest BCUT2D eigenvalue weighted by atomic mass is 16.5. The molecule has 0 radical (unpaired) electrons. The van der Waals surface area contributed by atoms with Gasteiger partial charge in [-0.25, -0.2) is 0 Å². The Kier molecular flexibility index (Phi) is 4.14. The Hall–Kier alpha value is -2.22. The van der Waals surface area contributed by atoms with Gasteiger partial charge in [-0.3, -0.25) is 4.79 Å². The zero-order chi connectivity index (χ0) is 14.6. The molecule has 106 valence electrons. The summed E-state index contributed by atoms with van der Waals surface area (Å²) in [5.41, 5.74) is 6.32. The number of carbonyl (C=O) groups excluding carboxylic acids is 1. The summed E-state index contributed by atoms with van der Waals surface area (Å²) in [6.07, 6.45) is 3.69. The van der Waals surface area contributed by atoms with Crippen LogP contribution >= 0.6 is 0 Å². The maximum Gasteiger partial charge on any atom is 0.210 e. The van der Waals surface area contributed by atoms with Gasteiger partial charge in [0.2, 0.25) is 6.41 Å². The second-order valence-corrected chi connectivity index (χ2v) is 5.14. The van der Waals surface area contributed by atoms with Crippen molar-refractivity contribution in [3.63, 3.8) is 0 Å². The van der Waals surface area contributed by atoms with Gasteiger partial charge in [0.05, 0.1) is 11.2 Å². The van der Waals surface area contributed by atoms with Crippen molar-refractivity contribution >= 4 is 12.1 Å². The number of hydrogen-bond donors (Lipinski definition) is 1. The van der Waals surface area contributed by atoms with Gasteiger partial charge in [-0.05, 0) is 31.4 Å². The van der Waals surface area contributed by atoms with E-state index in [9.17, 15) is 4.79 Å². The summed E-state index contributed by atoms with van der Waals surface area (Å²) in [6.45, 7) is 3.18. The maximum atomic E-state index is 11.2. The van der Waals surface area contributed by atoms with Crippen LogP contribution in [0, 0.1) is 11.3 Å². The van der Waals surface area contributed by atoms with Crippen molar-refractivity contribution < 1.29 is 9.53 Å². The Morgan fingerprint density at radius 2 is 2.30 bits per heavy atom.